The van der Waals surface area contributed by atoms with Crippen molar-refractivity contribution in [3.05, 3.63) is 50.2 Å². The highest BCUT2D eigenvalue weighted by atomic mass is 32.2. The lowest BCUT2D eigenvalue weighted by atomic mass is 10.1. The number of benzene rings is 1. The number of nitrogens with zero attached hydrogens (tertiary/aromatic N) is 3. The highest BCUT2D eigenvalue weighted by Crippen LogP contribution is 2.29. The van der Waals surface area contributed by atoms with Crippen molar-refractivity contribution in [2.24, 2.45) is 0 Å². The Labute approximate surface area is 135 Å². The van der Waals surface area contributed by atoms with E-state index in [-0.39, 0.29) is 15.8 Å². The number of aromatic nitrogens is 2. The van der Waals surface area contributed by atoms with Crippen molar-refractivity contribution < 1.29 is 19.2 Å². The number of hydrogen-bond donors (Lipinski definition) is 1. The van der Waals surface area contributed by atoms with E-state index < -0.39 is 10.9 Å². The van der Waals surface area contributed by atoms with Gasteiger partial charge in [0.1, 0.15) is 4.91 Å². The van der Waals surface area contributed by atoms with E-state index in [4.69, 9.17) is 4.42 Å². The largest absolute Gasteiger partial charge is 0.477 e. The van der Waals surface area contributed by atoms with Crippen LogP contribution in [0.1, 0.15) is 23.9 Å². The lowest BCUT2D eigenvalue weighted by Crippen LogP contribution is -1.97. The molecule has 0 radical (unpaired) electrons. The van der Waals surface area contributed by atoms with Gasteiger partial charge in [-0.25, -0.2) is 4.79 Å². The first-order chi connectivity index (χ1) is 10.9. The molecule has 0 saturated carbocycles. The molecule has 2 aromatic rings. The van der Waals surface area contributed by atoms with E-state index in [0.717, 1.165) is 11.8 Å². The minimum Gasteiger partial charge on any atom is -0.477 e. The fraction of sp³-hybridized carbons (Fsp3) is 0.214. The topological polar surface area (TPSA) is 119 Å². The second kappa shape index (κ2) is 7.05. The van der Waals surface area contributed by atoms with Gasteiger partial charge in [0.25, 0.3) is 10.9 Å². The normalized spacial score (nSPS) is 11.5. The summed E-state index contributed by atoms with van der Waals surface area (Å²) in [5.74, 6) is -0.780. The second-order valence-corrected chi connectivity index (χ2v) is 5.53. The molecule has 0 saturated heterocycles. The third-order valence-corrected chi connectivity index (χ3v) is 3.74. The number of aryl methyl sites for hydroxylation is 2. The first-order valence-corrected chi connectivity index (χ1v) is 7.42. The van der Waals surface area contributed by atoms with Gasteiger partial charge in [0.05, 0.1) is 4.92 Å². The van der Waals surface area contributed by atoms with Crippen LogP contribution in [0.3, 0.4) is 0 Å². The molecule has 0 spiro atoms. The van der Waals surface area contributed by atoms with Gasteiger partial charge in [-0.15, -0.1) is 10.2 Å². The second-order valence-electron chi connectivity index (χ2n) is 4.53. The number of hydrogen-bond acceptors (Lipinski definition) is 7. The Bertz CT molecular complexity index is 784. The Morgan fingerprint density at radius 2 is 2.22 bits per heavy atom. The number of carbonyl (C=O) groups is 1. The summed E-state index contributed by atoms with van der Waals surface area (Å²) in [5, 5.41) is 27.8. The van der Waals surface area contributed by atoms with Gasteiger partial charge < -0.3 is 9.52 Å². The van der Waals surface area contributed by atoms with Crippen LogP contribution in [0.2, 0.25) is 0 Å². The first-order valence-electron chi connectivity index (χ1n) is 6.61. The molecule has 120 valence electrons. The van der Waals surface area contributed by atoms with Gasteiger partial charge in [-0.2, -0.15) is 0 Å². The van der Waals surface area contributed by atoms with E-state index in [1.54, 1.807) is 19.1 Å². The molecular formula is C14H13N3O5S. The molecule has 1 heterocycles. The summed E-state index contributed by atoms with van der Waals surface area (Å²) in [6.07, 6.45) is 1.87. The van der Waals surface area contributed by atoms with Crippen LogP contribution < -0.4 is 0 Å². The SMILES string of the molecule is CCc1nnc(S/C(=C/c2ccc(C)c([N+](=O)[O-])c2)C(=O)O)o1. The molecule has 1 aromatic carbocycles. The molecule has 0 aliphatic heterocycles. The van der Waals surface area contributed by atoms with Crippen LogP contribution >= 0.6 is 11.8 Å². The molecule has 8 nitrogen and oxygen atoms in total. The Kier molecular flexibility index (Phi) is 5.12. The summed E-state index contributed by atoms with van der Waals surface area (Å²) in [6.45, 7) is 3.45. The number of aliphatic carboxylic acids is 1. The molecule has 2 rings (SSSR count). The molecule has 0 amide bonds. The maximum absolute atomic E-state index is 11.4. The highest BCUT2D eigenvalue weighted by Gasteiger charge is 2.16. The van der Waals surface area contributed by atoms with E-state index in [9.17, 15) is 20.0 Å². The van der Waals surface area contributed by atoms with Crippen molar-refractivity contribution >= 4 is 29.5 Å². The van der Waals surface area contributed by atoms with Crippen molar-refractivity contribution in [3.63, 3.8) is 0 Å². The standard InChI is InChI=1S/C14H13N3O5S/c1-3-12-15-16-14(22-12)23-11(13(18)19)7-9-5-4-8(2)10(6-9)17(20)21/h4-7H,3H2,1-2H3,(H,18,19)/b11-7+. The number of nitro benzene ring substituents is 1. The average Bonchev–Trinajstić information content (AvgIpc) is 2.95. The summed E-state index contributed by atoms with van der Waals surface area (Å²) in [5.41, 5.74) is 0.836. The minimum absolute atomic E-state index is 0.0699. The van der Waals surface area contributed by atoms with E-state index >= 15 is 0 Å². The molecule has 1 N–H and O–H groups in total. The van der Waals surface area contributed by atoms with Crippen LogP contribution in [-0.4, -0.2) is 26.2 Å². The van der Waals surface area contributed by atoms with Crippen molar-refractivity contribution in [3.8, 4) is 0 Å². The number of thioether (sulfide) groups is 1. The lowest BCUT2D eigenvalue weighted by molar-refractivity contribution is -0.385. The zero-order valence-electron chi connectivity index (χ0n) is 12.3. The fourth-order valence-electron chi connectivity index (χ4n) is 1.72. The zero-order chi connectivity index (χ0) is 17.0. The molecule has 0 aliphatic rings. The molecular weight excluding hydrogens is 322 g/mol. The summed E-state index contributed by atoms with van der Waals surface area (Å²) in [4.78, 5) is 21.7. The number of rotatable bonds is 6. The van der Waals surface area contributed by atoms with Gasteiger partial charge >= 0.3 is 5.97 Å². The van der Waals surface area contributed by atoms with E-state index in [1.165, 1.54) is 12.1 Å². The molecule has 23 heavy (non-hydrogen) atoms. The monoisotopic (exact) mass is 335 g/mol. The van der Waals surface area contributed by atoms with Crippen LogP contribution in [0.5, 0.6) is 0 Å². The maximum atomic E-state index is 11.4. The number of carboxylic acids is 1. The van der Waals surface area contributed by atoms with Gasteiger partial charge in [0, 0.05) is 18.1 Å². The molecule has 0 unspecified atom stereocenters. The smallest absolute Gasteiger partial charge is 0.342 e. The molecule has 9 heteroatoms. The fourth-order valence-corrected chi connectivity index (χ4v) is 2.41. The van der Waals surface area contributed by atoms with Crippen LogP contribution in [0, 0.1) is 17.0 Å². The molecule has 1 aromatic heterocycles. The third-order valence-electron chi connectivity index (χ3n) is 2.89. The van der Waals surface area contributed by atoms with Gasteiger partial charge in [-0.05, 0) is 30.3 Å². The van der Waals surface area contributed by atoms with E-state index in [1.807, 2.05) is 6.92 Å². The Hall–Kier alpha value is -2.68. The van der Waals surface area contributed by atoms with Crippen molar-refractivity contribution in [1.29, 1.82) is 0 Å². The van der Waals surface area contributed by atoms with Crippen LogP contribution in [0.25, 0.3) is 6.08 Å². The molecule has 0 fully saturated rings. The van der Waals surface area contributed by atoms with Gasteiger partial charge in [-0.1, -0.05) is 19.1 Å². The van der Waals surface area contributed by atoms with Gasteiger partial charge in [0.15, 0.2) is 0 Å². The summed E-state index contributed by atoms with van der Waals surface area (Å²) < 4.78 is 5.26. The van der Waals surface area contributed by atoms with Crippen LogP contribution in [0.15, 0.2) is 32.7 Å². The number of carboxylic acid groups (broad SMARTS) is 1. The average molecular weight is 335 g/mol. The highest BCUT2D eigenvalue weighted by molar-refractivity contribution is 8.03. The van der Waals surface area contributed by atoms with E-state index in [0.29, 0.717) is 23.4 Å². The maximum Gasteiger partial charge on any atom is 0.342 e. The van der Waals surface area contributed by atoms with E-state index in [2.05, 4.69) is 10.2 Å². The van der Waals surface area contributed by atoms with Gasteiger partial charge in [-0.3, -0.25) is 10.1 Å². The first kappa shape index (κ1) is 16.7. The summed E-state index contributed by atoms with van der Waals surface area (Å²) in [6, 6.07) is 4.50. The third kappa shape index (κ3) is 4.16. The summed E-state index contributed by atoms with van der Waals surface area (Å²) in [7, 11) is 0. The molecule has 0 atom stereocenters. The predicted octanol–water partition coefficient (Wildman–Crippen LogP) is 3.07. The molecule has 0 bridgehead atoms. The quantitative estimate of drug-likeness (QED) is 0.370. The minimum atomic E-state index is -1.19. The predicted molar refractivity (Wildman–Crippen MR) is 83.0 cm³/mol. The lowest BCUT2D eigenvalue weighted by Gasteiger charge is -2.01. The number of nitro groups is 1. The Morgan fingerprint density at radius 1 is 1.48 bits per heavy atom. The summed E-state index contributed by atoms with van der Waals surface area (Å²) >= 11 is 0.798. The van der Waals surface area contributed by atoms with Crippen molar-refractivity contribution in [2.45, 2.75) is 25.5 Å². The zero-order valence-corrected chi connectivity index (χ0v) is 13.2. The van der Waals surface area contributed by atoms with Crippen LogP contribution in [0.4, 0.5) is 5.69 Å². The van der Waals surface area contributed by atoms with Crippen molar-refractivity contribution in [1.82, 2.24) is 10.2 Å². The Balaban J connectivity index is 2.33. The molecule has 0 aliphatic carbocycles. The van der Waals surface area contributed by atoms with Crippen LogP contribution in [-0.2, 0) is 11.2 Å². The van der Waals surface area contributed by atoms with Crippen molar-refractivity contribution in [2.75, 3.05) is 0 Å². The Morgan fingerprint density at radius 3 is 2.78 bits per heavy atom. The van der Waals surface area contributed by atoms with Gasteiger partial charge in [0.2, 0.25) is 5.89 Å².